The van der Waals surface area contributed by atoms with E-state index in [2.05, 4.69) is 15.4 Å². The number of anilines is 1. The van der Waals surface area contributed by atoms with Crippen LogP contribution in [0.2, 0.25) is 5.02 Å². The Hall–Kier alpha value is -2.90. The Balaban J connectivity index is 1.62. The Morgan fingerprint density at radius 3 is 2.81 bits per heavy atom. The lowest BCUT2D eigenvalue weighted by molar-refractivity contribution is 0.102. The molecule has 1 N–H and O–H groups in total. The average Bonchev–Trinajstić information content (AvgIpc) is 3.22. The molecular formula is C18H13ClN4O2S. The molecule has 0 saturated heterocycles. The highest BCUT2D eigenvalue weighted by atomic mass is 35.5. The number of nitrogens with zero attached hydrogens (tertiary/aromatic N) is 3. The van der Waals surface area contributed by atoms with Crippen LogP contribution in [0.3, 0.4) is 0 Å². The van der Waals surface area contributed by atoms with Crippen molar-refractivity contribution in [2.75, 3.05) is 12.4 Å². The van der Waals surface area contributed by atoms with Gasteiger partial charge < -0.3 is 4.74 Å². The third-order valence-electron chi connectivity index (χ3n) is 3.78. The van der Waals surface area contributed by atoms with Gasteiger partial charge in [-0.2, -0.15) is 4.98 Å². The number of ether oxygens (including phenoxy) is 1. The van der Waals surface area contributed by atoms with Crippen LogP contribution in [0.25, 0.3) is 16.2 Å². The van der Waals surface area contributed by atoms with Crippen LogP contribution in [0, 0.1) is 0 Å². The molecule has 0 aliphatic carbocycles. The number of fused-ring (bicyclic) bond motifs is 1. The maximum absolute atomic E-state index is 12.4. The largest absolute Gasteiger partial charge is 0.497 e. The Morgan fingerprint density at radius 1 is 1.23 bits per heavy atom. The molecule has 0 spiro atoms. The van der Waals surface area contributed by atoms with Gasteiger partial charge in [-0.15, -0.1) is 16.4 Å². The van der Waals surface area contributed by atoms with Gasteiger partial charge in [0.25, 0.3) is 11.9 Å². The Kier molecular flexibility index (Phi) is 4.32. The summed E-state index contributed by atoms with van der Waals surface area (Å²) >= 11 is 7.39. The van der Waals surface area contributed by atoms with Crippen molar-refractivity contribution in [1.29, 1.82) is 0 Å². The fourth-order valence-corrected chi connectivity index (χ4v) is 3.45. The Bertz CT molecular complexity index is 1090. The number of carbonyl (C=O) groups excluding carboxylic acids is 1. The summed E-state index contributed by atoms with van der Waals surface area (Å²) in [5.74, 6) is 0.566. The average molecular weight is 385 g/mol. The Labute approximate surface area is 158 Å². The molecule has 4 rings (SSSR count). The SMILES string of the molecule is COc1cccc(C(=O)Nc2nc3scc(-c4ccc(Cl)cc4)n3n2)c1. The number of halogens is 1. The zero-order chi connectivity index (χ0) is 18.1. The molecule has 8 heteroatoms. The first-order chi connectivity index (χ1) is 12.6. The molecule has 2 aromatic heterocycles. The number of methoxy groups -OCH3 is 1. The van der Waals surface area contributed by atoms with Crippen molar-refractivity contribution in [2.24, 2.45) is 0 Å². The number of nitrogens with one attached hydrogen (secondary N) is 1. The van der Waals surface area contributed by atoms with E-state index in [0.717, 1.165) is 11.3 Å². The zero-order valence-electron chi connectivity index (χ0n) is 13.6. The van der Waals surface area contributed by atoms with Gasteiger partial charge in [-0.25, -0.2) is 4.52 Å². The predicted octanol–water partition coefficient (Wildman–Crippen LogP) is 4.37. The smallest absolute Gasteiger partial charge is 0.258 e. The lowest BCUT2D eigenvalue weighted by Crippen LogP contribution is -2.13. The van der Waals surface area contributed by atoms with E-state index in [1.54, 1.807) is 35.9 Å². The van der Waals surface area contributed by atoms with Gasteiger partial charge >= 0.3 is 0 Å². The normalized spacial score (nSPS) is 10.8. The van der Waals surface area contributed by atoms with Crippen LogP contribution in [0.4, 0.5) is 5.95 Å². The lowest BCUT2D eigenvalue weighted by atomic mass is 10.2. The minimum absolute atomic E-state index is 0.250. The van der Waals surface area contributed by atoms with Crippen molar-refractivity contribution in [2.45, 2.75) is 0 Å². The van der Waals surface area contributed by atoms with E-state index in [1.807, 2.05) is 29.6 Å². The lowest BCUT2D eigenvalue weighted by Gasteiger charge is -2.03. The number of rotatable bonds is 4. The van der Waals surface area contributed by atoms with Crippen molar-refractivity contribution in [3.63, 3.8) is 0 Å². The number of amides is 1. The first kappa shape index (κ1) is 16.6. The molecule has 0 saturated carbocycles. The summed E-state index contributed by atoms with van der Waals surface area (Å²) in [5.41, 5.74) is 2.33. The molecule has 0 aliphatic rings. The van der Waals surface area contributed by atoms with Crippen LogP contribution < -0.4 is 10.1 Å². The predicted molar refractivity (Wildman–Crippen MR) is 102 cm³/mol. The zero-order valence-corrected chi connectivity index (χ0v) is 15.2. The summed E-state index contributed by atoms with van der Waals surface area (Å²) < 4.78 is 6.84. The maximum Gasteiger partial charge on any atom is 0.258 e. The van der Waals surface area contributed by atoms with Crippen LogP contribution in [0.5, 0.6) is 5.75 Å². The van der Waals surface area contributed by atoms with E-state index in [-0.39, 0.29) is 11.9 Å². The second-order valence-electron chi connectivity index (χ2n) is 5.44. The van der Waals surface area contributed by atoms with Crippen molar-refractivity contribution in [3.05, 3.63) is 64.5 Å². The number of hydrogen-bond donors (Lipinski definition) is 1. The topological polar surface area (TPSA) is 68.5 Å². The quantitative estimate of drug-likeness (QED) is 0.567. The fraction of sp³-hybridized carbons (Fsp3) is 0.0556. The molecule has 4 aromatic rings. The molecule has 0 atom stereocenters. The van der Waals surface area contributed by atoms with Gasteiger partial charge in [-0.05, 0) is 30.3 Å². The van der Waals surface area contributed by atoms with Crippen LogP contribution in [-0.2, 0) is 0 Å². The highest BCUT2D eigenvalue weighted by molar-refractivity contribution is 7.15. The van der Waals surface area contributed by atoms with Gasteiger partial charge in [0.15, 0.2) is 0 Å². The first-order valence-corrected chi connectivity index (χ1v) is 8.95. The van der Waals surface area contributed by atoms with E-state index in [1.165, 1.54) is 11.3 Å². The summed E-state index contributed by atoms with van der Waals surface area (Å²) in [7, 11) is 1.56. The Morgan fingerprint density at radius 2 is 2.04 bits per heavy atom. The van der Waals surface area contributed by atoms with Gasteiger partial charge in [0.05, 0.1) is 12.8 Å². The molecule has 6 nitrogen and oxygen atoms in total. The maximum atomic E-state index is 12.4. The minimum Gasteiger partial charge on any atom is -0.497 e. The molecule has 2 aromatic carbocycles. The van der Waals surface area contributed by atoms with E-state index < -0.39 is 0 Å². The van der Waals surface area contributed by atoms with Crippen LogP contribution in [0.15, 0.2) is 53.9 Å². The molecule has 130 valence electrons. The number of benzene rings is 2. The third kappa shape index (κ3) is 3.14. The minimum atomic E-state index is -0.296. The van der Waals surface area contributed by atoms with E-state index >= 15 is 0 Å². The second kappa shape index (κ2) is 6.78. The van der Waals surface area contributed by atoms with Gasteiger partial charge in [-0.3, -0.25) is 10.1 Å². The van der Waals surface area contributed by atoms with Crippen molar-refractivity contribution in [3.8, 4) is 17.0 Å². The molecule has 0 unspecified atom stereocenters. The number of carbonyl (C=O) groups is 1. The summed E-state index contributed by atoms with van der Waals surface area (Å²) in [6, 6.07) is 14.4. The summed E-state index contributed by atoms with van der Waals surface area (Å²) in [5, 5.41) is 9.76. The number of thiazole rings is 1. The van der Waals surface area contributed by atoms with Crippen LogP contribution >= 0.6 is 22.9 Å². The molecule has 2 heterocycles. The monoisotopic (exact) mass is 384 g/mol. The fourth-order valence-electron chi connectivity index (χ4n) is 2.49. The van der Waals surface area contributed by atoms with E-state index in [4.69, 9.17) is 16.3 Å². The van der Waals surface area contributed by atoms with Crippen molar-refractivity contribution < 1.29 is 9.53 Å². The van der Waals surface area contributed by atoms with Crippen LogP contribution in [-0.4, -0.2) is 27.6 Å². The number of aromatic nitrogens is 3. The molecule has 0 fully saturated rings. The van der Waals surface area contributed by atoms with Crippen LogP contribution in [0.1, 0.15) is 10.4 Å². The number of hydrogen-bond acceptors (Lipinski definition) is 5. The van der Waals surface area contributed by atoms with Gasteiger partial charge in [0.2, 0.25) is 4.96 Å². The molecule has 1 amide bonds. The van der Waals surface area contributed by atoms with Crippen molar-refractivity contribution in [1.82, 2.24) is 14.6 Å². The summed E-state index contributed by atoms with van der Waals surface area (Å²) in [6.45, 7) is 0. The van der Waals surface area contributed by atoms with Gasteiger partial charge in [-0.1, -0.05) is 29.8 Å². The summed E-state index contributed by atoms with van der Waals surface area (Å²) in [4.78, 5) is 17.5. The van der Waals surface area contributed by atoms with Gasteiger partial charge in [0, 0.05) is 21.5 Å². The van der Waals surface area contributed by atoms with E-state index in [0.29, 0.717) is 21.3 Å². The highest BCUT2D eigenvalue weighted by Crippen LogP contribution is 2.27. The second-order valence-corrected chi connectivity index (χ2v) is 6.72. The molecule has 26 heavy (non-hydrogen) atoms. The molecule has 0 radical (unpaired) electrons. The molecule has 0 bridgehead atoms. The van der Waals surface area contributed by atoms with Gasteiger partial charge in [0.1, 0.15) is 5.75 Å². The molecular weight excluding hydrogens is 372 g/mol. The first-order valence-electron chi connectivity index (χ1n) is 7.69. The summed E-state index contributed by atoms with van der Waals surface area (Å²) in [6.07, 6.45) is 0. The molecule has 0 aliphatic heterocycles. The van der Waals surface area contributed by atoms with E-state index in [9.17, 15) is 4.79 Å². The highest BCUT2D eigenvalue weighted by Gasteiger charge is 2.14. The third-order valence-corrected chi connectivity index (χ3v) is 4.85. The standard InChI is InChI=1S/C18H13ClN4O2S/c1-25-14-4-2-3-12(9-14)16(24)20-17-21-18-23(22-17)15(10-26-18)11-5-7-13(19)8-6-11/h2-10H,1H3,(H,20,22,24). The van der Waals surface area contributed by atoms with Crippen molar-refractivity contribution >= 4 is 39.8 Å².